The molecule has 0 saturated heterocycles. The van der Waals surface area contributed by atoms with Gasteiger partial charge in [0.2, 0.25) is 5.91 Å². The Bertz CT molecular complexity index is 753. The Balaban J connectivity index is 1.72. The first-order valence-electron chi connectivity index (χ1n) is 8.22. The molecule has 4 heteroatoms. The number of nitrogens with one attached hydrogen (secondary N) is 1. The summed E-state index contributed by atoms with van der Waals surface area (Å²) in [6.07, 6.45) is 0.452. The van der Waals surface area contributed by atoms with Crippen LogP contribution in [0.3, 0.4) is 0 Å². The zero-order chi connectivity index (χ0) is 17.2. The summed E-state index contributed by atoms with van der Waals surface area (Å²) in [6.45, 7) is 4.72. The van der Waals surface area contributed by atoms with Gasteiger partial charge in [-0.3, -0.25) is 9.59 Å². The summed E-state index contributed by atoms with van der Waals surface area (Å²) < 4.78 is 0. The van der Waals surface area contributed by atoms with Gasteiger partial charge in [-0.2, -0.15) is 0 Å². The van der Waals surface area contributed by atoms with Crippen LogP contribution in [0, 0.1) is 0 Å². The zero-order valence-corrected chi connectivity index (χ0v) is 14.1. The summed E-state index contributed by atoms with van der Waals surface area (Å²) in [7, 11) is 0. The number of Topliss-reactive ketones (excluding diaryl/α,β-unsaturated/α-hetero) is 1. The van der Waals surface area contributed by atoms with E-state index in [-0.39, 0.29) is 30.1 Å². The van der Waals surface area contributed by atoms with Crippen molar-refractivity contribution in [2.75, 3.05) is 16.8 Å². The van der Waals surface area contributed by atoms with Crippen LogP contribution in [0.25, 0.3) is 0 Å². The Labute approximate surface area is 142 Å². The molecule has 124 valence electrons. The van der Waals surface area contributed by atoms with Gasteiger partial charge in [0.25, 0.3) is 0 Å². The second-order valence-corrected chi connectivity index (χ2v) is 6.80. The van der Waals surface area contributed by atoms with E-state index in [1.54, 1.807) is 17.0 Å². The highest BCUT2D eigenvalue weighted by molar-refractivity contribution is 6.02. The summed E-state index contributed by atoms with van der Waals surface area (Å²) >= 11 is 0. The van der Waals surface area contributed by atoms with E-state index in [9.17, 15) is 9.59 Å². The molecule has 0 unspecified atom stereocenters. The molecule has 1 aliphatic rings. The molecule has 4 nitrogen and oxygen atoms in total. The molecule has 1 heterocycles. The van der Waals surface area contributed by atoms with Crippen LogP contribution in [0.4, 0.5) is 11.4 Å². The largest absolute Gasteiger partial charge is 0.377 e. The zero-order valence-electron chi connectivity index (χ0n) is 14.1. The molecule has 0 radical (unpaired) electrons. The third-order valence-corrected chi connectivity index (χ3v) is 4.18. The van der Waals surface area contributed by atoms with Gasteiger partial charge in [0.05, 0.1) is 11.4 Å². The van der Waals surface area contributed by atoms with Crippen molar-refractivity contribution in [1.82, 2.24) is 0 Å². The van der Waals surface area contributed by atoms with Crippen molar-refractivity contribution in [1.29, 1.82) is 0 Å². The van der Waals surface area contributed by atoms with Crippen LogP contribution in [-0.2, 0) is 4.79 Å². The quantitative estimate of drug-likeness (QED) is 0.869. The van der Waals surface area contributed by atoms with Crippen LogP contribution in [0.1, 0.15) is 37.0 Å². The van der Waals surface area contributed by atoms with Crippen LogP contribution in [0.15, 0.2) is 54.6 Å². The first-order chi connectivity index (χ1) is 11.5. The van der Waals surface area contributed by atoms with Gasteiger partial charge < -0.3 is 10.2 Å². The molecular weight excluding hydrogens is 300 g/mol. The fourth-order valence-electron chi connectivity index (χ4n) is 3.05. The van der Waals surface area contributed by atoms with Crippen LogP contribution in [0.5, 0.6) is 0 Å². The summed E-state index contributed by atoms with van der Waals surface area (Å²) in [4.78, 5) is 26.7. The van der Waals surface area contributed by atoms with E-state index in [0.29, 0.717) is 12.1 Å². The smallest absolute Gasteiger partial charge is 0.227 e. The molecule has 24 heavy (non-hydrogen) atoms. The highest BCUT2D eigenvalue weighted by Gasteiger charge is 2.32. The van der Waals surface area contributed by atoms with Crippen molar-refractivity contribution >= 4 is 23.1 Å². The number of amides is 1. The van der Waals surface area contributed by atoms with E-state index in [1.165, 1.54) is 0 Å². The van der Waals surface area contributed by atoms with Crippen molar-refractivity contribution < 1.29 is 9.59 Å². The molecule has 0 atom stereocenters. The molecule has 0 saturated carbocycles. The Morgan fingerprint density at radius 3 is 2.42 bits per heavy atom. The molecule has 1 aliphatic heterocycles. The van der Waals surface area contributed by atoms with Crippen molar-refractivity contribution in [3.8, 4) is 0 Å². The second kappa shape index (κ2) is 6.48. The fraction of sp³-hybridized carbons (Fsp3) is 0.300. The Morgan fingerprint density at radius 2 is 1.67 bits per heavy atom. The molecule has 0 fully saturated rings. The lowest BCUT2D eigenvalue weighted by molar-refractivity contribution is -0.118. The Morgan fingerprint density at radius 1 is 1.00 bits per heavy atom. The Kier molecular flexibility index (Phi) is 4.38. The van der Waals surface area contributed by atoms with Gasteiger partial charge in [0, 0.05) is 30.5 Å². The number of nitrogens with zero attached hydrogens (tertiary/aromatic N) is 1. The predicted molar refractivity (Wildman–Crippen MR) is 96.5 cm³/mol. The first kappa shape index (κ1) is 16.2. The predicted octanol–water partition coefficient (Wildman–Crippen LogP) is 3.89. The highest BCUT2D eigenvalue weighted by Crippen LogP contribution is 2.34. The minimum absolute atomic E-state index is 0.00614. The fourth-order valence-corrected chi connectivity index (χ4v) is 3.05. The van der Waals surface area contributed by atoms with Gasteiger partial charge in [-0.05, 0) is 26.0 Å². The van der Waals surface area contributed by atoms with Gasteiger partial charge in [0.15, 0.2) is 5.78 Å². The lowest BCUT2D eigenvalue weighted by atomic mass is 9.98. The van der Waals surface area contributed by atoms with E-state index in [1.807, 2.05) is 42.5 Å². The number of carbonyl (C=O) groups excluding carboxylic acids is 2. The van der Waals surface area contributed by atoms with E-state index in [4.69, 9.17) is 0 Å². The van der Waals surface area contributed by atoms with Gasteiger partial charge >= 0.3 is 0 Å². The maximum absolute atomic E-state index is 12.7. The third-order valence-electron chi connectivity index (χ3n) is 4.18. The van der Waals surface area contributed by atoms with Crippen molar-refractivity contribution in [3.05, 3.63) is 60.2 Å². The lowest BCUT2D eigenvalue weighted by Crippen LogP contribution is -2.50. The summed E-state index contributed by atoms with van der Waals surface area (Å²) in [5, 5.41) is 3.45. The number of benzene rings is 2. The van der Waals surface area contributed by atoms with E-state index >= 15 is 0 Å². The number of hydrogen-bond donors (Lipinski definition) is 1. The number of rotatable bonds is 4. The molecule has 0 bridgehead atoms. The number of fused-ring (bicyclic) bond motifs is 1. The number of hydrogen-bond acceptors (Lipinski definition) is 3. The van der Waals surface area contributed by atoms with Gasteiger partial charge in [-0.25, -0.2) is 0 Å². The molecule has 3 rings (SSSR count). The third kappa shape index (κ3) is 3.48. The average Bonchev–Trinajstić information content (AvgIpc) is 2.58. The van der Waals surface area contributed by atoms with Crippen LogP contribution < -0.4 is 10.2 Å². The van der Waals surface area contributed by atoms with E-state index < -0.39 is 0 Å². The molecule has 1 amide bonds. The summed E-state index contributed by atoms with van der Waals surface area (Å²) in [5.74, 6) is -0.00654. The number of carbonyl (C=O) groups is 2. The monoisotopic (exact) mass is 322 g/mol. The molecule has 1 N–H and O–H groups in total. The van der Waals surface area contributed by atoms with Gasteiger partial charge in [-0.15, -0.1) is 0 Å². The summed E-state index contributed by atoms with van der Waals surface area (Å²) in [6, 6.07) is 16.9. The molecule has 0 aromatic heterocycles. The van der Waals surface area contributed by atoms with Crippen LogP contribution in [-0.4, -0.2) is 23.8 Å². The molecule has 0 spiro atoms. The molecule has 0 aliphatic carbocycles. The second-order valence-electron chi connectivity index (χ2n) is 6.80. The molecule has 2 aromatic carbocycles. The SMILES string of the molecule is CC1(C)CN(C(=O)CCC(=O)c2ccccc2)c2ccccc2N1. The lowest BCUT2D eigenvalue weighted by Gasteiger charge is -2.41. The van der Waals surface area contributed by atoms with E-state index in [2.05, 4.69) is 19.2 Å². The van der Waals surface area contributed by atoms with E-state index in [0.717, 1.165) is 11.4 Å². The minimum Gasteiger partial charge on any atom is -0.377 e. The minimum atomic E-state index is -0.201. The topological polar surface area (TPSA) is 49.4 Å². The van der Waals surface area contributed by atoms with Crippen molar-refractivity contribution in [2.45, 2.75) is 32.2 Å². The number of para-hydroxylation sites is 2. The first-order valence-corrected chi connectivity index (χ1v) is 8.22. The molecule has 2 aromatic rings. The number of ketones is 1. The van der Waals surface area contributed by atoms with Crippen LogP contribution in [0.2, 0.25) is 0 Å². The van der Waals surface area contributed by atoms with Crippen LogP contribution >= 0.6 is 0 Å². The molecular formula is C20H22N2O2. The average molecular weight is 322 g/mol. The van der Waals surface area contributed by atoms with Crippen molar-refractivity contribution in [2.24, 2.45) is 0 Å². The maximum atomic E-state index is 12.7. The Hall–Kier alpha value is -2.62. The van der Waals surface area contributed by atoms with Crippen molar-refractivity contribution in [3.63, 3.8) is 0 Å². The normalized spacial score (nSPS) is 15.3. The van der Waals surface area contributed by atoms with Gasteiger partial charge in [0.1, 0.15) is 0 Å². The van der Waals surface area contributed by atoms with Gasteiger partial charge in [-0.1, -0.05) is 42.5 Å². The maximum Gasteiger partial charge on any atom is 0.227 e. The number of anilines is 2. The highest BCUT2D eigenvalue weighted by atomic mass is 16.2. The summed E-state index contributed by atoms with van der Waals surface area (Å²) in [5.41, 5.74) is 2.30. The standard InChI is InChI=1S/C20H22N2O2/c1-20(2)14-22(17-11-7-6-10-16(17)21-20)19(24)13-12-18(23)15-8-4-3-5-9-15/h3-11,21H,12-14H2,1-2H3.